The largest absolute Gasteiger partial charge is 0.472 e. The van der Waals surface area contributed by atoms with E-state index in [1.54, 1.807) is 18.5 Å². The second kappa shape index (κ2) is 6.92. The third kappa shape index (κ3) is 3.96. The molecule has 0 aliphatic heterocycles. The van der Waals surface area contributed by atoms with Crippen molar-refractivity contribution in [3.63, 3.8) is 0 Å². The van der Waals surface area contributed by atoms with Crippen LogP contribution in [-0.2, 0) is 13.6 Å². The average Bonchev–Trinajstić information content (AvgIpc) is 2.82. The predicted molar refractivity (Wildman–Crippen MR) is 72.6 cm³/mol. The van der Waals surface area contributed by atoms with Crippen molar-refractivity contribution in [3.05, 3.63) is 35.5 Å². The van der Waals surface area contributed by atoms with Crippen LogP contribution < -0.4 is 10.1 Å². The molecule has 1 amide bonds. The predicted octanol–water partition coefficient (Wildman–Crippen LogP) is 1.09. The lowest BCUT2D eigenvalue weighted by Crippen LogP contribution is -2.24. The van der Waals surface area contributed by atoms with Crippen molar-refractivity contribution < 1.29 is 18.3 Å². The first-order valence-corrected chi connectivity index (χ1v) is 6.47. The number of alkyl halides is 2. The van der Waals surface area contributed by atoms with Gasteiger partial charge in [-0.15, -0.1) is 10.2 Å². The fraction of sp³-hybridized carbons (Fsp3) is 0.385. The molecule has 9 heteroatoms. The Morgan fingerprint density at radius 2 is 2.23 bits per heavy atom. The molecule has 0 spiro atoms. The summed E-state index contributed by atoms with van der Waals surface area (Å²) in [5, 5.41) is 10.5. The Labute approximate surface area is 125 Å². The second-order valence-corrected chi connectivity index (χ2v) is 4.49. The van der Waals surface area contributed by atoms with Gasteiger partial charge in [-0.25, -0.2) is 13.8 Å². The van der Waals surface area contributed by atoms with Crippen LogP contribution in [0.2, 0.25) is 0 Å². The Kier molecular flexibility index (Phi) is 4.97. The van der Waals surface area contributed by atoms with Gasteiger partial charge in [-0.05, 0) is 13.0 Å². The number of nitrogens with zero attached hydrogens (tertiary/aromatic N) is 4. The van der Waals surface area contributed by atoms with Gasteiger partial charge in [0, 0.05) is 24.9 Å². The number of amides is 1. The summed E-state index contributed by atoms with van der Waals surface area (Å²) in [6, 6.07) is 2.77. The van der Waals surface area contributed by atoms with Crippen LogP contribution in [-0.4, -0.2) is 38.7 Å². The first-order valence-electron chi connectivity index (χ1n) is 6.47. The molecule has 2 aromatic heterocycles. The maximum atomic E-state index is 12.1. The number of halogens is 2. The summed E-state index contributed by atoms with van der Waals surface area (Å²) < 4.78 is 30.7. The van der Waals surface area contributed by atoms with E-state index in [9.17, 15) is 13.6 Å². The van der Waals surface area contributed by atoms with Crippen LogP contribution in [0.3, 0.4) is 0 Å². The van der Waals surface area contributed by atoms with Crippen molar-refractivity contribution in [1.29, 1.82) is 0 Å². The molecule has 0 aliphatic carbocycles. The van der Waals surface area contributed by atoms with E-state index in [1.807, 2.05) is 0 Å². The summed E-state index contributed by atoms with van der Waals surface area (Å²) in [4.78, 5) is 15.8. The molecule has 2 aromatic rings. The molecule has 0 fully saturated rings. The molecule has 0 aromatic carbocycles. The zero-order chi connectivity index (χ0) is 16.1. The maximum absolute atomic E-state index is 12.1. The van der Waals surface area contributed by atoms with Crippen molar-refractivity contribution in [2.45, 2.75) is 19.9 Å². The van der Waals surface area contributed by atoms with Crippen LogP contribution in [0.25, 0.3) is 0 Å². The lowest BCUT2D eigenvalue weighted by atomic mass is 10.2. The van der Waals surface area contributed by atoms with Crippen molar-refractivity contribution in [3.8, 4) is 5.88 Å². The molecular formula is C13H15F2N5O2. The standard InChI is InChI=1S/C13H15F2N5O2/c1-8-18-19-11(20(8)2)6-17-13(21)9-3-4-16-12(5-9)22-7-10(14)15/h3-5,10H,6-7H2,1-2H3,(H,17,21). The van der Waals surface area contributed by atoms with E-state index in [0.717, 1.165) is 5.82 Å². The zero-order valence-electron chi connectivity index (χ0n) is 12.1. The number of carbonyl (C=O) groups is 1. The number of hydrogen-bond donors (Lipinski definition) is 1. The Morgan fingerprint density at radius 3 is 2.86 bits per heavy atom. The third-order valence-corrected chi connectivity index (χ3v) is 2.94. The van der Waals surface area contributed by atoms with Crippen LogP contribution in [0.1, 0.15) is 22.0 Å². The Bertz CT molecular complexity index is 660. The molecule has 0 atom stereocenters. The van der Waals surface area contributed by atoms with E-state index in [1.165, 1.54) is 18.3 Å². The number of pyridine rings is 1. The van der Waals surface area contributed by atoms with E-state index in [0.29, 0.717) is 5.82 Å². The first-order chi connectivity index (χ1) is 10.5. The normalized spacial score (nSPS) is 10.8. The molecule has 2 rings (SSSR count). The minimum atomic E-state index is -2.60. The second-order valence-electron chi connectivity index (χ2n) is 4.49. The fourth-order valence-electron chi connectivity index (χ4n) is 1.64. The number of ether oxygens (including phenoxy) is 1. The van der Waals surface area contributed by atoms with Crippen LogP contribution in [0.15, 0.2) is 18.3 Å². The summed E-state index contributed by atoms with van der Waals surface area (Å²) in [6.07, 6.45) is -1.28. The SMILES string of the molecule is Cc1nnc(CNC(=O)c2ccnc(OCC(F)F)c2)n1C. The van der Waals surface area contributed by atoms with Crippen LogP contribution in [0.4, 0.5) is 8.78 Å². The molecule has 7 nitrogen and oxygen atoms in total. The highest BCUT2D eigenvalue weighted by atomic mass is 19.3. The van der Waals surface area contributed by atoms with Crippen LogP contribution in [0.5, 0.6) is 5.88 Å². The summed E-state index contributed by atoms with van der Waals surface area (Å²) >= 11 is 0. The van der Waals surface area contributed by atoms with Crippen LogP contribution in [0, 0.1) is 6.92 Å². The van der Waals surface area contributed by atoms with Gasteiger partial charge < -0.3 is 14.6 Å². The fourth-order valence-corrected chi connectivity index (χ4v) is 1.64. The number of aromatic nitrogens is 4. The van der Waals surface area contributed by atoms with E-state index >= 15 is 0 Å². The molecule has 0 saturated carbocycles. The molecule has 0 saturated heterocycles. The smallest absolute Gasteiger partial charge is 0.272 e. The minimum absolute atomic E-state index is 0.0255. The Hall–Kier alpha value is -2.58. The van der Waals surface area contributed by atoms with Gasteiger partial charge in [0.1, 0.15) is 5.82 Å². The molecule has 0 bridgehead atoms. The highest BCUT2D eigenvalue weighted by Crippen LogP contribution is 2.10. The number of carbonyl (C=O) groups excluding carboxylic acids is 1. The molecule has 0 radical (unpaired) electrons. The number of aryl methyl sites for hydroxylation is 1. The van der Waals surface area contributed by atoms with Gasteiger partial charge in [0.05, 0.1) is 6.54 Å². The molecular weight excluding hydrogens is 296 g/mol. The summed E-state index contributed by atoms with van der Waals surface area (Å²) in [7, 11) is 1.79. The molecule has 118 valence electrons. The minimum Gasteiger partial charge on any atom is -0.472 e. The van der Waals surface area contributed by atoms with E-state index < -0.39 is 13.0 Å². The van der Waals surface area contributed by atoms with Crippen molar-refractivity contribution >= 4 is 5.91 Å². The van der Waals surface area contributed by atoms with Gasteiger partial charge >= 0.3 is 0 Å². The van der Waals surface area contributed by atoms with Gasteiger partial charge in [-0.1, -0.05) is 0 Å². The van der Waals surface area contributed by atoms with Gasteiger partial charge in [0.2, 0.25) is 5.88 Å². The molecule has 0 aliphatic rings. The topological polar surface area (TPSA) is 81.9 Å². The van der Waals surface area contributed by atoms with Crippen molar-refractivity contribution in [2.24, 2.45) is 7.05 Å². The number of nitrogens with one attached hydrogen (secondary N) is 1. The number of hydrogen-bond acceptors (Lipinski definition) is 5. The monoisotopic (exact) mass is 311 g/mol. The van der Waals surface area contributed by atoms with E-state index in [2.05, 4.69) is 20.5 Å². The van der Waals surface area contributed by atoms with Gasteiger partial charge in [0.25, 0.3) is 12.3 Å². The van der Waals surface area contributed by atoms with Crippen molar-refractivity contribution in [1.82, 2.24) is 25.1 Å². The Morgan fingerprint density at radius 1 is 1.45 bits per heavy atom. The Balaban J connectivity index is 1.97. The summed E-state index contributed by atoms with van der Waals surface area (Å²) in [5.41, 5.74) is 0.262. The highest BCUT2D eigenvalue weighted by molar-refractivity contribution is 5.94. The maximum Gasteiger partial charge on any atom is 0.272 e. The molecule has 2 heterocycles. The van der Waals surface area contributed by atoms with Gasteiger partial charge in [0.15, 0.2) is 12.4 Å². The van der Waals surface area contributed by atoms with E-state index in [-0.39, 0.29) is 23.9 Å². The van der Waals surface area contributed by atoms with Gasteiger partial charge in [-0.2, -0.15) is 0 Å². The molecule has 22 heavy (non-hydrogen) atoms. The summed E-state index contributed by atoms with van der Waals surface area (Å²) in [6.45, 7) is 1.23. The first kappa shape index (κ1) is 15.8. The lowest BCUT2D eigenvalue weighted by molar-refractivity contribution is 0.0794. The lowest BCUT2D eigenvalue weighted by Gasteiger charge is -2.07. The zero-order valence-corrected chi connectivity index (χ0v) is 12.1. The molecule has 1 N–H and O–H groups in total. The van der Waals surface area contributed by atoms with E-state index in [4.69, 9.17) is 4.74 Å². The number of rotatable bonds is 6. The highest BCUT2D eigenvalue weighted by Gasteiger charge is 2.11. The summed E-state index contributed by atoms with van der Waals surface area (Å²) in [5.74, 6) is 0.928. The quantitative estimate of drug-likeness (QED) is 0.863. The third-order valence-electron chi connectivity index (χ3n) is 2.94. The average molecular weight is 311 g/mol. The molecule has 0 unspecified atom stereocenters. The van der Waals surface area contributed by atoms with Crippen molar-refractivity contribution in [2.75, 3.05) is 6.61 Å². The van der Waals surface area contributed by atoms with Gasteiger partial charge in [-0.3, -0.25) is 4.79 Å². The van der Waals surface area contributed by atoms with Crippen LogP contribution >= 0.6 is 0 Å².